The second kappa shape index (κ2) is 4.78. The normalized spacial score (nSPS) is 19.0. The highest BCUT2D eigenvalue weighted by molar-refractivity contribution is 5.97. The van der Waals surface area contributed by atoms with Gasteiger partial charge in [-0.25, -0.2) is 0 Å². The zero-order valence-electron chi connectivity index (χ0n) is 10.1. The van der Waals surface area contributed by atoms with E-state index >= 15 is 0 Å². The van der Waals surface area contributed by atoms with Gasteiger partial charge in [0.05, 0.1) is 6.04 Å². The molecule has 3 nitrogen and oxygen atoms in total. The lowest BCUT2D eigenvalue weighted by Gasteiger charge is -2.11. The number of hydrogen-bond acceptors (Lipinski definition) is 2. The minimum Gasteiger partial charge on any atom is -0.325 e. The first-order valence-corrected chi connectivity index (χ1v) is 6.36. The van der Waals surface area contributed by atoms with Gasteiger partial charge in [0.2, 0.25) is 5.91 Å². The number of fused-ring (bicyclic) bond motifs is 1. The van der Waals surface area contributed by atoms with Crippen molar-refractivity contribution in [1.29, 1.82) is 0 Å². The number of nitrogens with one attached hydrogen (secondary N) is 2. The van der Waals surface area contributed by atoms with Crippen molar-refractivity contribution in [2.24, 2.45) is 0 Å². The van der Waals surface area contributed by atoms with E-state index < -0.39 is 0 Å². The Labute approximate surface area is 106 Å². The number of benzene rings is 2. The first-order chi connectivity index (χ1) is 8.83. The second-order valence-corrected chi connectivity index (χ2v) is 4.70. The molecular weight excluding hydrogens is 224 g/mol. The van der Waals surface area contributed by atoms with Gasteiger partial charge in [0, 0.05) is 5.69 Å². The van der Waals surface area contributed by atoms with Gasteiger partial charge in [-0.1, -0.05) is 30.3 Å². The van der Waals surface area contributed by atoms with Crippen LogP contribution < -0.4 is 10.6 Å². The predicted molar refractivity (Wildman–Crippen MR) is 73.6 cm³/mol. The summed E-state index contributed by atoms with van der Waals surface area (Å²) in [5.41, 5.74) is 0.868. The molecule has 1 saturated heterocycles. The number of anilines is 1. The van der Waals surface area contributed by atoms with Crippen LogP contribution in [0.15, 0.2) is 42.5 Å². The van der Waals surface area contributed by atoms with Crippen LogP contribution in [0.1, 0.15) is 12.8 Å². The predicted octanol–water partition coefficient (Wildman–Crippen LogP) is 2.53. The number of rotatable bonds is 2. The fourth-order valence-electron chi connectivity index (χ4n) is 2.40. The van der Waals surface area contributed by atoms with E-state index in [4.69, 9.17) is 0 Å². The van der Waals surface area contributed by atoms with E-state index in [-0.39, 0.29) is 11.9 Å². The van der Waals surface area contributed by atoms with Crippen LogP contribution in [-0.4, -0.2) is 18.5 Å². The van der Waals surface area contributed by atoms with Crippen LogP contribution >= 0.6 is 0 Å². The van der Waals surface area contributed by atoms with Gasteiger partial charge in [-0.05, 0) is 42.3 Å². The maximum atomic E-state index is 12.0. The molecule has 1 aliphatic rings. The first-order valence-electron chi connectivity index (χ1n) is 6.36. The number of hydrogen-bond donors (Lipinski definition) is 2. The SMILES string of the molecule is O=C(Nc1ccc2ccccc2c1)C1CCCN1. The minimum atomic E-state index is -0.0310. The van der Waals surface area contributed by atoms with E-state index in [1.165, 1.54) is 5.39 Å². The van der Waals surface area contributed by atoms with E-state index in [1.807, 2.05) is 30.3 Å². The molecule has 0 saturated carbocycles. The smallest absolute Gasteiger partial charge is 0.241 e. The Balaban J connectivity index is 1.79. The standard InChI is InChI=1S/C15H16N2O/c18-15(14-6-3-9-16-14)17-13-8-7-11-4-1-2-5-12(11)10-13/h1-2,4-5,7-8,10,14,16H,3,6,9H2,(H,17,18). The van der Waals surface area contributed by atoms with Crippen molar-refractivity contribution in [2.75, 3.05) is 11.9 Å². The monoisotopic (exact) mass is 240 g/mol. The van der Waals surface area contributed by atoms with Crippen LogP contribution in [0.3, 0.4) is 0 Å². The Morgan fingerprint density at radius 1 is 1.17 bits per heavy atom. The van der Waals surface area contributed by atoms with Gasteiger partial charge >= 0.3 is 0 Å². The summed E-state index contributed by atoms with van der Waals surface area (Å²) in [4.78, 5) is 12.0. The quantitative estimate of drug-likeness (QED) is 0.847. The van der Waals surface area contributed by atoms with Crippen LogP contribution in [0.2, 0.25) is 0 Å². The molecule has 0 bridgehead atoms. The summed E-state index contributed by atoms with van der Waals surface area (Å²) < 4.78 is 0. The van der Waals surface area contributed by atoms with E-state index in [0.29, 0.717) is 0 Å². The van der Waals surface area contributed by atoms with Gasteiger partial charge in [0.25, 0.3) is 0 Å². The summed E-state index contributed by atoms with van der Waals surface area (Å²) in [6.07, 6.45) is 2.01. The Morgan fingerprint density at radius 3 is 2.78 bits per heavy atom. The zero-order valence-corrected chi connectivity index (χ0v) is 10.1. The van der Waals surface area contributed by atoms with Crippen LogP contribution in [0.4, 0.5) is 5.69 Å². The van der Waals surface area contributed by atoms with Crippen molar-refractivity contribution in [3.05, 3.63) is 42.5 Å². The van der Waals surface area contributed by atoms with E-state index in [1.54, 1.807) is 0 Å². The lowest BCUT2D eigenvalue weighted by Crippen LogP contribution is -2.35. The summed E-state index contributed by atoms with van der Waals surface area (Å²) in [5, 5.41) is 8.51. The molecule has 1 unspecified atom stereocenters. The maximum Gasteiger partial charge on any atom is 0.241 e. The largest absolute Gasteiger partial charge is 0.325 e. The molecule has 0 radical (unpaired) electrons. The molecule has 1 fully saturated rings. The first kappa shape index (κ1) is 11.2. The second-order valence-electron chi connectivity index (χ2n) is 4.70. The minimum absolute atomic E-state index is 0.0310. The van der Waals surface area contributed by atoms with Gasteiger partial charge in [-0.2, -0.15) is 0 Å². The summed E-state index contributed by atoms with van der Waals surface area (Å²) in [6, 6.07) is 14.1. The number of carbonyl (C=O) groups is 1. The van der Waals surface area contributed by atoms with Crippen molar-refractivity contribution in [3.8, 4) is 0 Å². The van der Waals surface area contributed by atoms with Crippen molar-refractivity contribution in [2.45, 2.75) is 18.9 Å². The highest BCUT2D eigenvalue weighted by atomic mass is 16.2. The van der Waals surface area contributed by atoms with Crippen LogP contribution in [0.5, 0.6) is 0 Å². The topological polar surface area (TPSA) is 41.1 Å². The molecule has 0 aliphatic carbocycles. The molecule has 18 heavy (non-hydrogen) atoms. The molecule has 2 N–H and O–H groups in total. The lowest BCUT2D eigenvalue weighted by atomic mass is 10.1. The number of amides is 1. The Morgan fingerprint density at radius 2 is 2.00 bits per heavy atom. The molecule has 1 amide bonds. The Hall–Kier alpha value is -1.87. The highest BCUT2D eigenvalue weighted by Gasteiger charge is 2.21. The average Bonchev–Trinajstić information content (AvgIpc) is 2.92. The third-order valence-corrected chi connectivity index (χ3v) is 3.39. The maximum absolute atomic E-state index is 12.0. The molecule has 1 heterocycles. The molecular formula is C15H16N2O. The van der Waals surface area contributed by atoms with E-state index in [2.05, 4.69) is 22.8 Å². The molecule has 3 rings (SSSR count). The van der Waals surface area contributed by atoms with E-state index in [0.717, 1.165) is 30.5 Å². The third kappa shape index (κ3) is 2.22. The van der Waals surface area contributed by atoms with Crippen molar-refractivity contribution < 1.29 is 4.79 Å². The van der Waals surface area contributed by atoms with Gasteiger partial charge < -0.3 is 10.6 Å². The molecule has 2 aromatic carbocycles. The van der Waals surface area contributed by atoms with Crippen LogP contribution in [0.25, 0.3) is 10.8 Å². The van der Waals surface area contributed by atoms with Crippen molar-refractivity contribution in [3.63, 3.8) is 0 Å². The van der Waals surface area contributed by atoms with Crippen LogP contribution in [0, 0.1) is 0 Å². The average molecular weight is 240 g/mol. The number of carbonyl (C=O) groups excluding carboxylic acids is 1. The van der Waals surface area contributed by atoms with Crippen molar-refractivity contribution in [1.82, 2.24) is 5.32 Å². The molecule has 1 atom stereocenters. The highest BCUT2D eigenvalue weighted by Crippen LogP contribution is 2.19. The lowest BCUT2D eigenvalue weighted by molar-refractivity contribution is -0.117. The summed E-state index contributed by atoms with van der Waals surface area (Å²) in [6.45, 7) is 0.940. The van der Waals surface area contributed by atoms with Gasteiger partial charge in [-0.3, -0.25) is 4.79 Å². The molecule has 3 heteroatoms. The zero-order chi connectivity index (χ0) is 12.4. The molecule has 0 aromatic heterocycles. The molecule has 2 aromatic rings. The summed E-state index contributed by atoms with van der Waals surface area (Å²) >= 11 is 0. The van der Waals surface area contributed by atoms with Crippen molar-refractivity contribution >= 4 is 22.4 Å². The van der Waals surface area contributed by atoms with Gasteiger partial charge in [-0.15, -0.1) is 0 Å². The van der Waals surface area contributed by atoms with Crippen LogP contribution in [-0.2, 0) is 4.79 Å². The van der Waals surface area contributed by atoms with Gasteiger partial charge in [0.1, 0.15) is 0 Å². The Kier molecular flexibility index (Phi) is 2.99. The fraction of sp³-hybridized carbons (Fsp3) is 0.267. The summed E-state index contributed by atoms with van der Waals surface area (Å²) in [5.74, 6) is 0.0720. The van der Waals surface area contributed by atoms with Gasteiger partial charge in [0.15, 0.2) is 0 Å². The molecule has 1 aliphatic heterocycles. The van der Waals surface area contributed by atoms with E-state index in [9.17, 15) is 4.79 Å². The Bertz CT molecular complexity index is 573. The third-order valence-electron chi connectivity index (χ3n) is 3.39. The molecule has 0 spiro atoms. The fourth-order valence-corrected chi connectivity index (χ4v) is 2.40. The summed E-state index contributed by atoms with van der Waals surface area (Å²) in [7, 11) is 0. The molecule has 92 valence electrons.